The molecule has 3 saturated heterocycles. The van der Waals surface area contributed by atoms with Crippen LogP contribution in [0.1, 0.15) is 171 Å². The molecule has 6 amide bonds. The molecule has 0 bridgehead atoms. The number of nitrogens with zero attached hydrogens (tertiary/aromatic N) is 10. The third-order valence-corrected chi connectivity index (χ3v) is 22.8. The van der Waals surface area contributed by atoms with Gasteiger partial charge in [0, 0.05) is 110 Å². The first-order valence-electron chi connectivity index (χ1n) is 43.7. The number of para-hydroxylation sites is 5. The van der Waals surface area contributed by atoms with Crippen molar-refractivity contribution in [1.82, 2.24) is 38.0 Å². The lowest BCUT2D eigenvalue weighted by Gasteiger charge is -2.26. The van der Waals surface area contributed by atoms with E-state index in [0.717, 1.165) is 76.8 Å². The van der Waals surface area contributed by atoms with Crippen molar-refractivity contribution in [2.75, 3.05) is 19.8 Å². The molecule has 3 aliphatic rings. The zero-order valence-corrected chi connectivity index (χ0v) is 79.3. The quantitative estimate of drug-likeness (QED) is 0.0202. The minimum absolute atomic E-state index is 0.00388. The second kappa shape index (κ2) is 43.0. The molecule has 8 heterocycles. The van der Waals surface area contributed by atoms with Crippen molar-refractivity contribution >= 4 is 161 Å². The fraction of sp³-hybridized carbons (Fsp3) is 0.269. The number of ether oxygens (including phenoxy) is 7. The molecule has 3 aliphatic heterocycles. The Morgan fingerprint density at radius 2 is 0.715 bits per heavy atom. The maximum atomic E-state index is 13.7. The van der Waals surface area contributed by atoms with E-state index in [1.165, 1.54) is 35.3 Å². The highest BCUT2D eigenvalue weighted by molar-refractivity contribution is 9.10. The fourth-order valence-electron chi connectivity index (χ4n) is 15.5. The average molecular weight is 1920 g/mol. The number of aromatic amines is 1. The van der Waals surface area contributed by atoms with Gasteiger partial charge in [0.25, 0.3) is 5.91 Å². The number of aromatic nitrogens is 5. The highest BCUT2D eigenvalue weighted by atomic mass is 79.9. The number of fused-ring (bicyclic) bond motifs is 5. The number of imide groups is 3. The molecule has 137 heavy (non-hydrogen) atoms. The number of halogens is 1. The molecule has 3 N–H and O–H groups in total. The van der Waals surface area contributed by atoms with E-state index in [0.29, 0.717) is 44.1 Å². The Morgan fingerprint density at radius 3 is 1.09 bits per heavy atom. The molecule has 0 spiro atoms. The van der Waals surface area contributed by atoms with Gasteiger partial charge in [-0.15, -0.1) is 0 Å². The molecule has 3 fully saturated rings. The van der Waals surface area contributed by atoms with Crippen LogP contribution in [0.15, 0.2) is 267 Å². The summed E-state index contributed by atoms with van der Waals surface area (Å²) in [5.41, 5.74) is 16.3. The highest BCUT2D eigenvalue weighted by Gasteiger charge is 2.46. The Bertz CT molecular complexity index is 6850. The van der Waals surface area contributed by atoms with Crippen molar-refractivity contribution < 1.29 is 101 Å². The molecule has 32 nitrogen and oxygen atoms in total. The van der Waals surface area contributed by atoms with Crippen LogP contribution in [0.5, 0.6) is 0 Å². The maximum absolute atomic E-state index is 13.7. The number of carbonyl (C=O) groups excluding carboxylic acids is 10. The number of nitrogens with one attached hydrogen (secondary N) is 1. The van der Waals surface area contributed by atoms with Crippen molar-refractivity contribution in [3.05, 3.63) is 316 Å². The first-order valence-corrected chi connectivity index (χ1v) is 44.6. The molecule has 0 saturated carbocycles. The largest absolute Gasteiger partial charge is 0.478 e. The molecule has 5 aromatic heterocycles. The molecule has 33 heteroatoms. The van der Waals surface area contributed by atoms with Crippen molar-refractivity contribution in [1.29, 1.82) is 0 Å². The van der Waals surface area contributed by atoms with Gasteiger partial charge in [-0.25, -0.2) is 57.9 Å². The van der Waals surface area contributed by atoms with Gasteiger partial charge >= 0.3 is 54.6 Å². The lowest BCUT2D eigenvalue weighted by Crippen LogP contribution is -2.42. The van der Waals surface area contributed by atoms with Crippen LogP contribution in [0.2, 0.25) is 0 Å². The molecular weight excluding hydrogens is 1820 g/mol. The van der Waals surface area contributed by atoms with Crippen LogP contribution < -0.4 is 0 Å². The summed E-state index contributed by atoms with van der Waals surface area (Å²) in [5.74, 6) is -4.56. The van der Waals surface area contributed by atoms with Gasteiger partial charge in [-0.3, -0.25) is 32.7 Å². The summed E-state index contributed by atoms with van der Waals surface area (Å²) in [4.78, 5) is 158. The second-order valence-corrected chi connectivity index (χ2v) is 37.0. The lowest BCUT2D eigenvalue weighted by atomic mass is 9.92. The van der Waals surface area contributed by atoms with E-state index in [1.54, 1.807) is 155 Å². The van der Waals surface area contributed by atoms with Gasteiger partial charge in [-0.2, -0.15) is 0 Å². The Kier molecular flexibility index (Phi) is 31.4. The predicted molar refractivity (Wildman–Crippen MR) is 520 cm³/mol. The smallest absolute Gasteiger partial charge is 0.419 e. The van der Waals surface area contributed by atoms with Crippen molar-refractivity contribution in [3.63, 3.8) is 0 Å². The number of aliphatic carboxylic acids is 2. The zero-order chi connectivity index (χ0) is 99.1. The topological polar surface area (TPSA) is 404 Å². The van der Waals surface area contributed by atoms with Gasteiger partial charge in [-0.1, -0.05) is 217 Å². The van der Waals surface area contributed by atoms with Crippen LogP contribution >= 0.6 is 15.9 Å². The number of carboxylic acids is 2. The Morgan fingerprint density at radius 1 is 0.409 bits per heavy atom. The van der Waals surface area contributed by atoms with Crippen LogP contribution in [0, 0.1) is 0 Å². The molecule has 8 aromatic carbocycles. The third-order valence-electron chi connectivity index (χ3n) is 21.6. The summed E-state index contributed by atoms with van der Waals surface area (Å²) in [6, 6.07) is 61.8. The maximum Gasteiger partial charge on any atom is 0.419 e. The molecule has 0 aliphatic carbocycles. The number of hydrogen-bond donors (Lipinski definition) is 3. The molecule has 0 unspecified atom stereocenters. The minimum Gasteiger partial charge on any atom is -0.478 e. The van der Waals surface area contributed by atoms with Crippen molar-refractivity contribution in [2.24, 2.45) is 5.11 Å². The van der Waals surface area contributed by atoms with Crippen LogP contribution in [0.3, 0.4) is 0 Å². The lowest BCUT2D eigenvalue weighted by molar-refractivity contribution is -0.132. The van der Waals surface area contributed by atoms with E-state index in [9.17, 15) is 63.1 Å². The van der Waals surface area contributed by atoms with Gasteiger partial charge < -0.3 is 48.4 Å². The number of amides is 6. The van der Waals surface area contributed by atoms with Crippen LogP contribution in [0.4, 0.5) is 33.6 Å². The number of carbonyl (C=O) groups is 12. The van der Waals surface area contributed by atoms with Crippen LogP contribution in [-0.4, -0.2) is 174 Å². The minimum atomic E-state index is -1.26. The van der Waals surface area contributed by atoms with Gasteiger partial charge in [0.15, 0.2) is 0 Å². The number of rotatable bonds is 16. The monoisotopic (exact) mass is 1920 g/mol. The van der Waals surface area contributed by atoms with E-state index in [2.05, 4.69) is 30.9 Å². The molecule has 13 aromatic rings. The number of hydrogen-bond acceptors (Lipinski definition) is 20. The molecule has 708 valence electrons. The summed E-state index contributed by atoms with van der Waals surface area (Å²) in [7, 11) is 0. The first kappa shape index (κ1) is 100. The second-order valence-electron chi connectivity index (χ2n) is 36.0. The number of alkyl halides is 1. The van der Waals surface area contributed by atoms with E-state index in [-0.39, 0.29) is 25.7 Å². The van der Waals surface area contributed by atoms with Gasteiger partial charge in [-0.05, 0) is 171 Å². The third kappa shape index (κ3) is 24.6. The number of carboxylic acid groups (broad SMARTS) is 2. The summed E-state index contributed by atoms with van der Waals surface area (Å²) in [6.45, 7) is 25.4. The summed E-state index contributed by atoms with van der Waals surface area (Å²) in [6.07, 6.45) is 12.2. The van der Waals surface area contributed by atoms with E-state index in [1.807, 2.05) is 198 Å². The molecule has 16 rings (SSSR count). The number of benzene rings is 8. The Balaban J connectivity index is 0.000000158. The summed E-state index contributed by atoms with van der Waals surface area (Å²) < 4.78 is 43.1. The number of H-pyrrole nitrogens is 1. The number of azide groups is 1. The average Bonchev–Trinajstić information content (AvgIpc) is 1.62. The van der Waals surface area contributed by atoms with Gasteiger partial charge in [0.1, 0.15) is 71.2 Å². The molecule has 7 atom stereocenters. The standard InChI is InChI=1S/C26H27BrN2O5.C26H27N5O5.C25H24N2O5.C16H17NO4.C11H9NO2/c1-16(19-14-28(24(31)34-26(2,3)4)20-13-9-8-12-18(19)20)22(27)23(30)29-21(15-33-25(29)32)17-10-6-5-7-11-17;1-16(19-14-30(24(33)36-26(2,3)4)20-13-9-8-12-18(19)20)22(28-29-27)23(32)31-21(15-35-25(31)34)17-10-6-5-7-11-17;1-25(2,3)32-23(29)26-15-18(19-11-7-8-12-20(19)26)13-14-22(28)27-21(16-31-24(27)30)17-9-5-4-6-10-17;1-16(2,3)21-15(20)17-10-11(8-9-14(18)19)12-6-4-5-7-13(12)17;13-11(14)6-5-8-7-12-10-4-2-1-3-9(8)10/h5-14,16,21-22H,15H2,1-4H3;5-14,16,21-22H,15H2,1-4H3;4-15,21H,16H2,1-3H3;4-10H,1-3H3,(H,18,19);1-7,12H,(H,13,14)/b;;14-13+;9-8+;6-5+/t16-,21-,22+;16-,21-,22-;21-;;/m000../s1. The summed E-state index contributed by atoms with van der Waals surface area (Å²) in [5, 5.41) is 25.1. The Labute approximate surface area is 796 Å². The normalized spacial score (nSPS) is 15.8. The Hall–Kier alpha value is -15.9. The zero-order valence-electron chi connectivity index (χ0n) is 77.7. The van der Waals surface area contributed by atoms with Crippen LogP contribution in [0.25, 0.3) is 83.2 Å². The molecule has 0 radical (unpaired) electrons. The van der Waals surface area contributed by atoms with E-state index >= 15 is 0 Å². The van der Waals surface area contributed by atoms with Crippen LogP contribution in [-0.2, 0) is 57.1 Å². The first-order chi connectivity index (χ1) is 65.0. The van der Waals surface area contributed by atoms with Crippen molar-refractivity contribution in [2.45, 2.75) is 160 Å². The molecular formula is C104H104BrN11O21. The SMILES string of the molecule is CC(C)(C)OC(=O)n1cc(/C=C/C(=O)N2C(=O)OC[C@H]2c2ccccc2)c2ccccc21.CC(C)(C)OC(=O)n1cc(/C=C/C(=O)O)c2ccccc21.C[C@@H](c1cn(C(=O)OC(C)(C)C)c2ccccc12)[C@@H](Br)C(=O)N1C(=O)OC[C@H]1c1ccccc1.C[C@@H](c1cn(C(=O)OC(C)(C)C)c2ccccc12)[C@H](N=[N+]=[N-])C(=O)N1C(=O)OC[C@H]1c1ccccc1.O=C(O)/C=C/c1c[nH]c2ccccc12. The van der Waals surface area contributed by atoms with Gasteiger partial charge in [0.05, 0.1) is 22.1 Å². The van der Waals surface area contributed by atoms with E-state index < -0.39 is 130 Å². The van der Waals surface area contributed by atoms with Crippen molar-refractivity contribution in [3.8, 4) is 0 Å². The highest BCUT2D eigenvalue weighted by Crippen LogP contribution is 2.40. The fourth-order valence-corrected chi connectivity index (χ4v) is 16.0. The predicted octanol–water partition coefficient (Wildman–Crippen LogP) is 22.9. The summed E-state index contributed by atoms with van der Waals surface area (Å²) >= 11 is 3.54. The number of cyclic esters (lactones) is 3. The van der Waals surface area contributed by atoms with Gasteiger partial charge in [0.2, 0.25) is 11.8 Å². The van der Waals surface area contributed by atoms with E-state index in [4.69, 9.17) is 43.4 Å².